The second kappa shape index (κ2) is 9.91. The number of hydrogen-bond acceptors (Lipinski definition) is 6. The molecule has 0 atom stereocenters. The van der Waals surface area contributed by atoms with Gasteiger partial charge in [0, 0.05) is 24.7 Å². The summed E-state index contributed by atoms with van der Waals surface area (Å²) in [6.45, 7) is 3.73. The van der Waals surface area contributed by atoms with Crippen LogP contribution in [-0.2, 0) is 24.8 Å². The molecule has 1 heterocycles. The molecule has 1 amide bonds. The van der Waals surface area contributed by atoms with Crippen LogP contribution in [0.1, 0.15) is 30.9 Å². The summed E-state index contributed by atoms with van der Waals surface area (Å²) in [6.07, 6.45) is 0.767. The highest BCUT2D eigenvalue weighted by Crippen LogP contribution is 2.26. The van der Waals surface area contributed by atoms with Crippen LogP contribution >= 0.6 is 0 Å². The molecule has 33 heavy (non-hydrogen) atoms. The van der Waals surface area contributed by atoms with Crippen molar-refractivity contribution in [2.45, 2.75) is 31.6 Å². The van der Waals surface area contributed by atoms with Crippen LogP contribution in [0, 0.1) is 24.2 Å². The zero-order chi connectivity index (χ0) is 24.2. The van der Waals surface area contributed by atoms with Crippen molar-refractivity contribution in [3.63, 3.8) is 0 Å². The minimum absolute atomic E-state index is 0.0372. The molecule has 2 aromatic rings. The molecule has 0 aliphatic carbocycles. The third kappa shape index (κ3) is 5.90. The van der Waals surface area contributed by atoms with E-state index in [2.05, 4.69) is 10.0 Å². The first kappa shape index (κ1) is 24.7. The van der Waals surface area contributed by atoms with Gasteiger partial charge in [0.2, 0.25) is 26.0 Å². The summed E-state index contributed by atoms with van der Waals surface area (Å²) in [4.78, 5) is 12.8. The summed E-state index contributed by atoms with van der Waals surface area (Å²) in [5.74, 6) is -0.576. The first-order valence-electron chi connectivity index (χ1n) is 10.5. The Labute approximate surface area is 194 Å². The van der Waals surface area contributed by atoms with Gasteiger partial charge in [0.05, 0.1) is 28.0 Å². The van der Waals surface area contributed by atoms with Crippen LogP contribution in [0.4, 0.5) is 11.4 Å². The summed E-state index contributed by atoms with van der Waals surface area (Å²) in [7, 11) is -7.08. The topological polar surface area (TPSA) is 136 Å². The van der Waals surface area contributed by atoms with E-state index >= 15 is 0 Å². The number of nitriles is 1. The minimum Gasteiger partial charge on any atom is -0.326 e. The number of nitrogens with zero attached hydrogens (tertiary/aromatic N) is 2. The number of benzene rings is 2. The smallest absolute Gasteiger partial charge is 0.243 e. The second-order valence-electron chi connectivity index (χ2n) is 7.84. The van der Waals surface area contributed by atoms with E-state index in [1.54, 1.807) is 32.0 Å². The number of carbonyl (C=O) groups excluding carboxylic acids is 1. The van der Waals surface area contributed by atoms with Gasteiger partial charge in [-0.3, -0.25) is 9.52 Å². The van der Waals surface area contributed by atoms with Gasteiger partial charge in [0.15, 0.2) is 0 Å². The fourth-order valence-corrected chi connectivity index (χ4v) is 5.73. The van der Waals surface area contributed by atoms with E-state index in [9.17, 15) is 21.6 Å². The molecule has 1 fully saturated rings. The number of aryl methyl sites for hydroxylation is 1. The zero-order valence-corrected chi connectivity index (χ0v) is 20.0. The minimum atomic E-state index is -3.69. The number of amides is 1. The van der Waals surface area contributed by atoms with Crippen molar-refractivity contribution in [1.29, 1.82) is 5.26 Å². The van der Waals surface area contributed by atoms with Crippen LogP contribution in [-0.4, -0.2) is 45.9 Å². The predicted octanol–water partition coefficient (Wildman–Crippen LogP) is 2.67. The second-order valence-corrected chi connectivity index (χ2v) is 11.8. The Bertz CT molecular complexity index is 1280. The van der Waals surface area contributed by atoms with Crippen molar-refractivity contribution in [3.8, 4) is 6.07 Å². The molecule has 176 valence electrons. The van der Waals surface area contributed by atoms with Crippen LogP contribution in [0.25, 0.3) is 0 Å². The van der Waals surface area contributed by atoms with Gasteiger partial charge in [-0.25, -0.2) is 16.8 Å². The van der Waals surface area contributed by atoms with E-state index < -0.39 is 20.0 Å². The first-order chi connectivity index (χ1) is 15.6. The van der Waals surface area contributed by atoms with Crippen molar-refractivity contribution in [2.75, 3.05) is 28.9 Å². The van der Waals surface area contributed by atoms with E-state index in [4.69, 9.17) is 5.26 Å². The lowest BCUT2D eigenvalue weighted by Gasteiger charge is -2.30. The highest BCUT2D eigenvalue weighted by Gasteiger charge is 2.32. The van der Waals surface area contributed by atoms with E-state index in [-0.39, 0.29) is 35.6 Å². The molecular weight excluding hydrogens is 464 g/mol. The fourth-order valence-electron chi connectivity index (χ4n) is 3.55. The summed E-state index contributed by atoms with van der Waals surface area (Å²) in [5, 5.41) is 11.7. The Hall–Kier alpha value is -2.94. The molecule has 0 spiro atoms. The number of nitrogens with one attached hydrogen (secondary N) is 2. The molecule has 3 rings (SSSR count). The highest BCUT2D eigenvalue weighted by atomic mass is 32.2. The Morgan fingerprint density at radius 1 is 1.09 bits per heavy atom. The zero-order valence-electron chi connectivity index (χ0n) is 18.4. The molecule has 1 aliphatic heterocycles. The van der Waals surface area contributed by atoms with Gasteiger partial charge in [0.25, 0.3) is 0 Å². The van der Waals surface area contributed by atoms with Crippen molar-refractivity contribution in [3.05, 3.63) is 53.6 Å². The molecule has 2 N–H and O–H groups in total. The number of rotatable bonds is 7. The molecule has 11 heteroatoms. The normalized spacial score (nSPS) is 15.5. The summed E-state index contributed by atoms with van der Waals surface area (Å²) in [6, 6.07) is 12.6. The SMILES string of the molecule is CCS(=O)(=O)Nc1ccc(NC(=O)C2CCN(S(=O)(=O)c3ccc(C#N)cc3)CC2)cc1C. The lowest BCUT2D eigenvalue weighted by molar-refractivity contribution is -0.120. The van der Waals surface area contributed by atoms with Crippen LogP contribution in [0.3, 0.4) is 0 Å². The fraction of sp³-hybridized carbons (Fsp3) is 0.364. The van der Waals surface area contributed by atoms with Crippen LogP contribution in [0.5, 0.6) is 0 Å². The molecule has 0 saturated carbocycles. The molecule has 0 aromatic heterocycles. The van der Waals surface area contributed by atoms with Crippen LogP contribution in [0.2, 0.25) is 0 Å². The Morgan fingerprint density at radius 3 is 2.27 bits per heavy atom. The van der Waals surface area contributed by atoms with E-state index in [0.717, 1.165) is 0 Å². The third-order valence-electron chi connectivity index (χ3n) is 5.59. The molecule has 0 unspecified atom stereocenters. The van der Waals surface area contributed by atoms with E-state index in [0.29, 0.717) is 35.3 Å². The van der Waals surface area contributed by atoms with E-state index in [1.165, 1.54) is 28.6 Å². The quantitative estimate of drug-likeness (QED) is 0.612. The van der Waals surface area contributed by atoms with Gasteiger partial charge in [-0.1, -0.05) is 0 Å². The third-order valence-corrected chi connectivity index (χ3v) is 8.79. The van der Waals surface area contributed by atoms with Gasteiger partial charge in [-0.05, 0) is 74.7 Å². The molecule has 0 radical (unpaired) electrons. The average Bonchev–Trinajstić information content (AvgIpc) is 2.81. The molecule has 2 aromatic carbocycles. The largest absolute Gasteiger partial charge is 0.326 e. The van der Waals surface area contributed by atoms with Crippen molar-refractivity contribution in [1.82, 2.24) is 4.31 Å². The lowest BCUT2D eigenvalue weighted by Crippen LogP contribution is -2.41. The average molecular weight is 491 g/mol. The lowest BCUT2D eigenvalue weighted by atomic mass is 9.97. The highest BCUT2D eigenvalue weighted by molar-refractivity contribution is 7.92. The molecule has 1 saturated heterocycles. The van der Waals surface area contributed by atoms with Crippen LogP contribution < -0.4 is 10.0 Å². The standard InChI is InChI=1S/C22H26N4O5S2/c1-3-32(28,29)25-21-9-6-19(14-16(21)2)24-22(27)18-10-12-26(13-11-18)33(30,31)20-7-4-17(15-23)5-8-20/h4-9,14,18,25H,3,10-13H2,1-2H3,(H,24,27). The first-order valence-corrected chi connectivity index (χ1v) is 13.6. The maximum atomic E-state index is 12.8. The van der Waals surface area contributed by atoms with Crippen LogP contribution in [0.15, 0.2) is 47.4 Å². The van der Waals surface area contributed by atoms with Gasteiger partial charge in [0.1, 0.15) is 0 Å². The number of hydrogen-bond donors (Lipinski definition) is 2. The van der Waals surface area contributed by atoms with Crippen molar-refractivity contribution < 1.29 is 21.6 Å². The monoisotopic (exact) mass is 490 g/mol. The molecule has 0 bridgehead atoms. The van der Waals surface area contributed by atoms with Gasteiger partial charge >= 0.3 is 0 Å². The molecular formula is C22H26N4O5S2. The summed E-state index contributed by atoms with van der Waals surface area (Å²) < 4.78 is 53.1. The number of piperidine rings is 1. The summed E-state index contributed by atoms with van der Waals surface area (Å²) in [5.41, 5.74) is 2.06. The Balaban J connectivity index is 1.60. The van der Waals surface area contributed by atoms with Gasteiger partial charge in [-0.2, -0.15) is 9.57 Å². The van der Waals surface area contributed by atoms with Crippen molar-refractivity contribution in [2.24, 2.45) is 5.92 Å². The number of carbonyl (C=O) groups is 1. The maximum absolute atomic E-state index is 12.8. The summed E-state index contributed by atoms with van der Waals surface area (Å²) >= 11 is 0. The number of anilines is 2. The Morgan fingerprint density at radius 2 is 1.73 bits per heavy atom. The van der Waals surface area contributed by atoms with E-state index in [1.807, 2.05) is 6.07 Å². The number of sulfonamides is 2. The Kier molecular flexibility index (Phi) is 7.41. The molecule has 1 aliphatic rings. The van der Waals surface area contributed by atoms with Gasteiger partial charge < -0.3 is 5.32 Å². The van der Waals surface area contributed by atoms with Crippen molar-refractivity contribution >= 4 is 37.3 Å². The predicted molar refractivity (Wildman–Crippen MR) is 126 cm³/mol. The van der Waals surface area contributed by atoms with Gasteiger partial charge in [-0.15, -0.1) is 0 Å². The maximum Gasteiger partial charge on any atom is 0.243 e. The molecule has 9 nitrogen and oxygen atoms in total.